The Labute approximate surface area is 123 Å². The highest BCUT2D eigenvalue weighted by molar-refractivity contribution is 14.1. The van der Waals surface area contributed by atoms with Gasteiger partial charge in [0.15, 0.2) is 0 Å². The molecule has 2 rings (SSSR count). The molecule has 0 saturated carbocycles. The van der Waals surface area contributed by atoms with Gasteiger partial charge < -0.3 is 11.1 Å². The van der Waals surface area contributed by atoms with Crippen LogP contribution >= 0.6 is 38.5 Å². The summed E-state index contributed by atoms with van der Waals surface area (Å²) >= 11 is 5.73. The summed E-state index contributed by atoms with van der Waals surface area (Å²) < 4.78 is 2.19. The van der Waals surface area contributed by atoms with E-state index in [-0.39, 0.29) is 0 Å². The lowest BCUT2D eigenvalue weighted by Gasteiger charge is -2.10. The molecule has 0 aliphatic carbocycles. The van der Waals surface area contributed by atoms with Crippen LogP contribution < -0.4 is 11.1 Å². The Kier molecular flexibility index (Phi) is 3.93. The Bertz CT molecular complexity index is 535. The SMILES string of the molecule is Cc1cc(Br)cc(Nc2ccc(I)cc2N)c1. The Hall–Kier alpha value is -0.750. The molecule has 2 nitrogen and oxygen atoms in total. The van der Waals surface area contributed by atoms with Crippen molar-refractivity contribution in [2.45, 2.75) is 6.92 Å². The fraction of sp³-hybridized carbons (Fsp3) is 0.0769. The van der Waals surface area contributed by atoms with Crippen molar-refractivity contribution in [2.24, 2.45) is 0 Å². The van der Waals surface area contributed by atoms with Crippen LogP contribution in [0.25, 0.3) is 0 Å². The van der Waals surface area contributed by atoms with Gasteiger partial charge in [0.25, 0.3) is 0 Å². The third-order valence-electron chi connectivity index (χ3n) is 2.33. The zero-order valence-corrected chi connectivity index (χ0v) is 13.0. The standard InChI is InChI=1S/C13H12BrIN2/c1-8-4-9(14)6-11(5-8)17-13-3-2-10(15)7-12(13)16/h2-7,17H,16H2,1H3. The second-order valence-corrected chi connectivity index (χ2v) is 6.04. The Balaban J connectivity index is 2.31. The molecule has 0 spiro atoms. The summed E-state index contributed by atoms with van der Waals surface area (Å²) in [7, 11) is 0. The number of nitrogens with one attached hydrogen (secondary N) is 1. The van der Waals surface area contributed by atoms with E-state index < -0.39 is 0 Å². The molecule has 0 bridgehead atoms. The van der Waals surface area contributed by atoms with Gasteiger partial charge in [-0.2, -0.15) is 0 Å². The van der Waals surface area contributed by atoms with Gasteiger partial charge in [0.1, 0.15) is 0 Å². The van der Waals surface area contributed by atoms with E-state index in [4.69, 9.17) is 5.73 Å². The fourth-order valence-electron chi connectivity index (χ4n) is 1.61. The summed E-state index contributed by atoms with van der Waals surface area (Å²) in [5, 5.41) is 3.32. The summed E-state index contributed by atoms with van der Waals surface area (Å²) in [6.45, 7) is 2.06. The molecule has 0 aliphatic heterocycles. The molecular formula is C13H12BrIN2. The topological polar surface area (TPSA) is 38.0 Å². The van der Waals surface area contributed by atoms with Crippen LogP contribution in [0.5, 0.6) is 0 Å². The normalized spacial score (nSPS) is 10.3. The van der Waals surface area contributed by atoms with Crippen molar-refractivity contribution in [3.8, 4) is 0 Å². The molecule has 0 heterocycles. The molecule has 88 valence electrons. The first-order valence-corrected chi connectivity index (χ1v) is 7.01. The molecule has 0 radical (unpaired) electrons. The second-order valence-electron chi connectivity index (χ2n) is 3.87. The highest BCUT2D eigenvalue weighted by Crippen LogP contribution is 2.27. The molecule has 0 fully saturated rings. The van der Waals surface area contributed by atoms with Gasteiger partial charge >= 0.3 is 0 Å². The van der Waals surface area contributed by atoms with Crippen molar-refractivity contribution in [1.29, 1.82) is 0 Å². The molecular weight excluding hydrogens is 391 g/mol. The summed E-state index contributed by atoms with van der Waals surface area (Å²) in [6, 6.07) is 12.2. The molecule has 0 saturated heterocycles. The predicted octanol–water partition coefficient (Wildman–Crippen LogP) is 4.69. The number of benzene rings is 2. The fourth-order valence-corrected chi connectivity index (χ4v) is 2.73. The summed E-state index contributed by atoms with van der Waals surface area (Å²) in [5.41, 5.74) is 9.89. The van der Waals surface area contributed by atoms with Gasteiger partial charge in [-0.1, -0.05) is 15.9 Å². The molecule has 2 aromatic carbocycles. The maximum absolute atomic E-state index is 5.97. The molecule has 0 amide bonds. The minimum atomic E-state index is 0.759. The number of hydrogen-bond donors (Lipinski definition) is 2. The monoisotopic (exact) mass is 402 g/mol. The first kappa shape index (κ1) is 12.7. The van der Waals surface area contributed by atoms with E-state index >= 15 is 0 Å². The lowest BCUT2D eigenvalue weighted by molar-refractivity contribution is 1.43. The van der Waals surface area contributed by atoms with E-state index in [2.05, 4.69) is 62.9 Å². The zero-order valence-electron chi connectivity index (χ0n) is 9.30. The van der Waals surface area contributed by atoms with Crippen LogP contribution in [-0.2, 0) is 0 Å². The smallest absolute Gasteiger partial charge is 0.0618 e. The maximum Gasteiger partial charge on any atom is 0.0618 e. The van der Waals surface area contributed by atoms with Crippen LogP contribution in [0.2, 0.25) is 0 Å². The summed E-state index contributed by atoms with van der Waals surface area (Å²) in [6.07, 6.45) is 0. The Morgan fingerprint density at radius 3 is 2.59 bits per heavy atom. The molecule has 2 aromatic rings. The first-order chi connectivity index (χ1) is 8.04. The number of anilines is 3. The van der Waals surface area contributed by atoms with E-state index in [0.29, 0.717) is 0 Å². The van der Waals surface area contributed by atoms with Crippen LogP contribution in [0.4, 0.5) is 17.1 Å². The van der Waals surface area contributed by atoms with Gasteiger partial charge in [-0.25, -0.2) is 0 Å². The third-order valence-corrected chi connectivity index (χ3v) is 3.46. The van der Waals surface area contributed by atoms with E-state index in [1.807, 2.05) is 24.3 Å². The highest BCUT2D eigenvalue weighted by Gasteiger charge is 2.01. The Morgan fingerprint density at radius 1 is 1.18 bits per heavy atom. The quantitative estimate of drug-likeness (QED) is 0.565. The zero-order chi connectivity index (χ0) is 12.4. The van der Waals surface area contributed by atoms with E-state index in [0.717, 1.165) is 25.1 Å². The van der Waals surface area contributed by atoms with Crippen LogP contribution in [0.1, 0.15) is 5.56 Å². The number of hydrogen-bond acceptors (Lipinski definition) is 2. The van der Waals surface area contributed by atoms with Crippen LogP contribution in [0, 0.1) is 10.5 Å². The minimum Gasteiger partial charge on any atom is -0.397 e. The number of nitrogen functional groups attached to an aromatic ring is 1. The van der Waals surface area contributed by atoms with Crippen molar-refractivity contribution in [2.75, 3.05) is 11.1 Å². The van der Waals surface area contributed by atoms with E-state index in [1.54, 1.807) is 0 Å². The van der Waals surface area contributed by atoms with Crippen LogP contribution in [0.3, 0.4) is 0 Å². The number of aryl methyl sites for hydroxylation is 1. The van der Waals surface area contributed by atoms with Gasteiger partial charge in [-0.3, -0.25) is 0 Å². The van der Waals surface area contributed by atoms with Crippen molar-refractivity contribution in [1.82, 2.24) is 0 Å². The van der Waals surface area contributed by atoms with Crippen molar-refractivity contribution in [3.05, 3.63) is 50.0 Å². The summed E-state index contributed by atoms with van der Waals surface area (Å²) in [4.78, 5) is 0. The van der Waals surface area contributed by atoms with Crippen LogP contribution in [-0.4, -0.2) is 0 Å². The van der Waals surface area contributed by atoms with Crippen LogP contribution in [0.15, 0.2) is 40.9 Å². The van der Waals surface area contributed by atoms with Gasteiger partial charge in [0, 0.05) is 13.7 Å². The highest BCUT2D eigenvalue weighted by atomic mass is 127. The van der Waals surface area contributed by atoms with Gasteiger partial charge in [-0.15, -0.1) is 0 Å². The molecule has 0 unspecified atom stereocenters. The van der Waals surface area contributed by atoms with E-state index in [9.17, 15) is 0 Å². The van der Waals surface area contributed by atoms with Crippen molar-refractivity contribution < 1.29 is 0 Å². The molecule has 17 heavy (non-hydrogen) atoms. The molecule has 0 aliphatic rings. The number of halogens is 2. The minimum absolute atomic E-state index is 0.759. The molecule has 0 aromatic heterocycles. The molecule has 0 atom stereocenters. The average Bonchev–Trinajstić information content (AvgIpc) is 2.21. The number of rotatable bonds is 2. The molecule has 4 heteroatoms. The second kappa shape index (κ2) is 5.27. The Morgan fingerprint density at radius 2 is 1.94 bits per heavy atom. The predicted molar refractivity (Wildman–Crippen MR) is 85.7 cm³/mol. The van der Waals surface area contributed by atoms with Gasteiger partial charge in [-0.05, 0) is 71.5 Å². The van der Waals surface area contributed by atoms with Gasteiger partial charge in [0.2, 0.25) is 0 Å². The average molecular weight is 403 g/mol. The van der Waals surface area contributed by atoms with Crippen molar-refractivity contribution in [3.63, 3.8) is 0 Å². The van der Waals surface area contributed by atoms with Crippen molar-refractivity contribution >= 4 is 55.6 Å². The van der Waals surface area contributed by atoms with E-state index in [1.165, 1.54) is 5.56 Å². The maximum atomic E-state index is 5.97. The summed E-state index contributed by atoms with van der Waals surface area (Å²) in [5.74, 6) is 0. The first-order valence-electron chi connectivity index (χ1n) is 5.14. The third kappa shape index (κ3) is 3.35. The lowest BCUT2D eigenvalue weighted by atomic mass is 10.2. The number of nitrogens with two attached hydrogens (primary N) is 1. The lowest BCUT2D eigenvalue weighted by Crippen LogP contribution is -1.97. The van der Waals surface area contributed by atoms with Gasteiger partial charge in [0.05, 0.1) is 11.4 Å². The molecule has 3 N–H and O–H groups in total. The largest absolute Gasteiger partial charge is 0.397 e.